The Morgan fingerprint density at radius 2 is 2.05 bits per heavy atom. The SMILES string of the molecule is COC(=O)CC(=O)c1c2n(c3ccccc13)CCCC2. The van der Waals surface area contributed by atoms with Gasteiger partial charge in [-0.05, 0) is 25.3 Å². The zero-order valence-corrected chi connectivity index (χ0v) is 11.5. The van der Waals surface area contributed by atoms with Crippen LogP contribution in [0.15, 0.2) is 24.3 Å². The zero-order valence-electron chi connectivity index (χ0n) is 11.5. The molecule has 20 heavy (non-hydrogen) atoms. The lowest BCUT2D eigenvalue weighted by Crippen LogP contribution is -2.15. The Hall–Kier alpha value is -2.10. The third-order valence-corrected chi connectivity index (χ3v) is 3.94. The number of esters is 1. The molecular formula is C16H17NO3. The Balaban J connectivity index is 2.14. The normalized spacial score (nSPS) is 14.1. The standard InChI is InChI=1S/C16H17NO3/c1-20-15(19)10-14(18)16-11-6-2-3-7-12(11)17-9-5-4-8-13(16)17/h2-3,6-7H,4-5,8-10H2,1H3. The Kier molecular flexibility index (Phi) is 3.30. The van der Waals surface area contributed by atoms with Crippen molar-refractivity contribution in [2.24, 2.45) is 0 Å². The van der Waals surface area contributed by atoms with Gasteiger partial charge in [0.2, 0.25) is 0 Å². The molecule has 104 valence electrons. The summed E-state index contributed by atoms with van der Waals surface area (Å²) >= 11 is 0. The number of methoxy groups -OCH3 is 1. The van der Waals surface area contributed by atoms with E-state index in [-0.39, 0.29) is 12.2 Å². The van der Waals surface area contributed by atoms with Crippen molar-refractivity contribution >= 4 is 22.7 Å². The number of fused-ring (bicyclic) bond motifs is 3. The molecule has 4 nitrogen and oxygen atoms in total. The van der Waals surface area contributed by atoms with Crippen molar-refractivity contribution in [2.75, 3.05) is 7.11 Å². The second-order valence-corrected chi connectivity index (χ2v) is 5.12. The molecule has 0 saturated carbocycles. The number of aryl methyl sites for hydroxylation is 1. The number of ether oxygens (including phenoxy) is 1. The van der Waals surface area contributed by atoms with Crippen molar-refractivity contribution in [2.45, 2.75) is 32.2 Å². The van der Waals surface area contributed by atoms with Crippen LogP contribution in [0.5, 0.6) is 0 Å². The second kappa shape index (κ2) is 5.12. The summed E-state index contributed by atoms with van der Waals surface area (Å²) in [5.41, 5.74) is 2.88. The molecule has 0 aliphatic carbocycles. The van der Waals surface area contributed by atoms with Crippen molar-refractivity contribution < 1.29 is 14.3 Å². The first-order chi connectivity index (χ1) is 9.72. The van der Waals surface area contributed by atoms with Crippen LogP contribution in [0.1, 0.15) is 35.3 Å². The molecule has 3 rings (SSSR count). The van der Waals surface area contributed by atoms with E-state index in [2.05, 4.69) is 9.30 Å². The Morgan fingerprint density at radius 3 is 2.85 bits per heavy atom. The molecule has 0 saturated heterocycles. The maximum atomic E-state index is 12.4. The lowest BCUT2D eigenvalue weighted by Gasteiger charge is -2.16. The third kappa shape index (κ3) is 2.01. The molecular weight excluding hydrogens is 254 g/mol. The molecule has 4 heteroatoms. The molecule has 2 heterocycles. The smallest absolute Gasteiger partial charge is 0.313 e. The second-order valence-electron chi connectivity index (χ2n) is 5.12. The molecule has 0 fully saturated rings. The topological polar surface area (TPSA) is 48.3 Å². The average molecular weight is 271 g/mol. The molecule has 1 aliphatic rings. The first-order valence-electron chi connectivity index (χ1n) is 6.92. The first-order valence-corrected chi connectivity index (χ1v) is 6.92. The van der Waals surface area contributed by atoms with Gasteiger partial charge in [-0.25, -0.2) is 0 Å². The summed E-state index contributed by atoms with van der Waals surface area (Å²) in [6, 6.07) is 7.92. The molecule has 1 aromatic carbocycles. The molecule has 1 aromatic heterocycles. The largest absolute Gasteiger partial charge is 0.469 e. The van der Waals surface area contributed by atoms with Crippen LogP contribution in [-0.4, -0.2) is 23.4 Å². The van der Waals surface area contributed by atoms with Crippen molar-refractivity contribution in [1.29, 1.82) is 0 Å². The minimum atomic E-state index is -0.477. The van der Waals surface area contributed by atoms with Gasteiger partial charge < -0.3 is 9.30 Å². The lowest BCUT2D eigenvalue weighted by molar-refractivity contribution is -0.139. The van der Waals surface area contributed by atoms with Gasteiger partial charge in [-0.2, -0.15) is 0 Å². The first kappa shape index (κ1) is 12.9. The van der Waals surface area contributed by atoms with E-state index in [0.29, 0.717) is 5.56 Å². The van der Waals surface area contributed by atoms with E-state index in [1.807, 2.05) is 24.3 Å². The van der Waals surface area contributed by atoms with Gasteiger partial charge in [-0.3, -0.25) is 9.59 Å². The van der Waals surface area contributed by atoms with E-state index < -0.39 is 5.97 Å². The van der Waals surface area contributed by atoms with Crippen LogP contribution in [-0.2, 0) is 22.5 Å². The fourth-order valence-corrected chi connectivity index (χ4v) is 3.04. The highest BCUT2D eigenvalue weighted by atomic mass is 16.5. The molecule has 0 unspecified atom stereocenters. The van der Waals surface area contributed by atoms with Gasteiger partial charge in [0, 0.05) is 28.7 Å². The molecule has 0 N–H and O–H groups in total. The van der Waals surface area contributed by atoms with E-state index in [4.69, 9.17) is 0 Å². The third-order valence-electron chi connectivity index (χ3n) is 3.94. The quantitative estimate of drug-likeness (QED) is 0.490. The number of carbonyl (C=O) groups excluding carboxylic acids is 2. The van der Waals surface area contributed by atoms with Crippen LogP contribution < -0.4 is 0 Å². The minimum absolute atomic E-state index is 0.135. The van der Waals surface area contributed by atoms with Gasteiger partial charge in [-0.1, -0.05) is 18.2 Å². The molecule has 0 radical (unpaired) electrons. The number of carbonyl (C=O) groups is 2. The monoisotopic (exact) mass is 271 g/mol. The summed E-state index contributed by atoms with van der Waals surface area (Å²) in [5, 5.41) is 0.957. The van der Waals surface area contributed by atoms with Crippen molar-refractivity contribution in [3.8, 4) is 0 Å². The van der Waals surface area contributed by atoms with Gasteiger partial charge in [0.25, 0.3) is 0 Å². The van der Waals surface area contributed by atoms with Crippen LogP contribution in [0.25, 0.3) is 10.9 Å². The van der Waals surface area contributed by atoms with Crippen LogP contribution >= 0.6 is 0 Å². The van der Waals surface area contributed by atoms with Crippen molar-refractivity contribution in [3.63, 3.8) is 0 Å². The lowest BCUT2D eigenvalue weighted by atomic mass is 10.0. The summed E-state index contributed by atoms with van der Waals surface area (Å²) < 4.78 is 6.83. The highest BCUT2D eigenvalue weighted by Crippen LogP contribution is 2.31. The van der Waals surface area contributed by atoms with Crippen LogP contribution in [0, 0.1) is 0 Å². The highest BCUT2D eigenvalue weighted by Gasteiger charge is 2.25. The van der Waals surface area contributed by atoms with Crippen LogP contribution in [0.2, 0.25) is 0 Å². The van der Waals surface area contributed by atoms with E-state index in [1.54, 1.807) is 0 Å². The average Bonchev–Trinajstić information content (AvgIpc) is 2.81. The number of aromatic nitrogens is 1. The highest BCUT2D eigenvalue weighted by molar-refractivity contribution is 6.14. The van der Waals surface area contributed by atoms with Gasteiger partial charge in [0.05, 0.1) is 7.11 Å². The van der Waals surface area contributed by atoms with E-state index in [9.17, 15) is 9.59 Å². The van der Waals surface area contributed by atoms with Crippen molar-refractivity contribution in [3.05, 3.63) is 35.5 Å². The number of benzene rings is 1. The van der Waals surface area contributed by atoms with Crippen molar-refractivity contribution in [1.82, 2.24) is 4.57 Å². The summed E-state index contributed by atoms with van der Waals surface area (Å²) in [6.45, 7) is 0.946. The number of para-hydroxylation sites is 1. The molecule has 0 amide bonds. The molecule has 0 atom stereocenters. The van der Waals surface area contributed by atoms with Gasteiger partial charge in [0.15, 0.2) is 5.78 Å². The number of hydrogen-bond acceptors (Lipinski definition) is 3. The van der Waals surface area contributed by atoms with Gasteiger partial charge >= 0.3 is 5.97 Å². The van der Waals surface area contributed by atoms with Crippen LogP contribution in [0.4, 0.5) is 0 Å². The molecule has 0 spiro atoms. The minimum Gasteiger partial charge on any atom is -0.469 e. The number of ketones is 1. The van der Waals surface area contributed by atoms with Gasteiger partial charge in [-0.15, -0.1) is 0 Å². The Bertz CT molecular complexity index is 684. The zero-order chi connectivity index (χ0) is 14.1. The Labute approximate surface area is 117 Å². The maximum absolute atomic E-state index is 12.4. The van der Waals surface area contributed by atoms with E-state index >= 15 is 0 Å². The fourth-order valence-electron chi connectivity index (χ4n) is 3.04. The summed E-state index contributed by atoms with van der Waals surface area (Å²) in [7, 11) is 1.31. The summed E-state index contributed by atoms with van der Waals surface area (Å²) in [4.78, 5) is 23.8. The molecule has 0 bridgehead atoms. The number of Topliss-reactive ketones (excluding diaryl/α,β-unsaturated/α-hetero) is 1. The summed E-state index contributed by atoms with van der Waals surface area (Å²) in [6.07, 6.45) is 2.94. The van der Waals surface area contributed by atoms with Gasteiger partial charge in [0.1, 0.15) is 6.42 Å². The molecule has 1 aliphatic heterocycles. The number of hydrogen-bond donors (Lipinski definition) is 0. The van der Waals surface area contributed by atoms with E-state index in [0.717, 1.165) is 42.4 Å². The predicted molar refractivity (Wildman–Crippen MR) is 75.8 cm³/mol. The Morgan fingerprint density at radius 1 is 1.25 bits per heavy atom. The van der Waals surface area contributed by atoms with E-state index in [1.165, 1.54) is 7.11 Å². The van der Waals surface area contributed by atoms with Crippen LogP contribution in [0.3, 0.4) is 0 Å². The fraction of sp³-hybridized carbons (Fsp3) is 0.375. The summed E-state index contributed by atoms with van der Waals surface area (Å²) in [5.74, 6) is -0.612. The number of rotatable bonds is 3. The maximum Gasteiger partial charge on any atom is 0.313 e. The predicted octanol–water partition coefficient (Wildman–Crippen LogP) is 2.72. The number of nitrogens with zero attached hydrogens (tertiary/aromatic N) is 1. The molecule has 2 aromatic rings.